The predicted molar refractivity (Wildman–Crippen MR) is 101 cm³/mol. The van der Waals surface area contributed by atoms with E-state index in [9.17, 15) is 4.79 Å². The van der Waals surface area contributed by atoms with E-state index in [4.69, 9.17) is 0 Å². The van der Waals surface area contributed by atoms with Gasteiger partial charge in [-0.15, -0.1) is 10.2 Å². The molecule has 1 aromatic heterocycles. The molecule has 0 radical (unpaired) electrons. The fourth-order valence-electron chi connectivity index (χ4n) is 6.26. The number of aromatic nitrogens is 4. The summed E-state index contributed by atoms with van der Waals surface area (Å²) in [5, 5.41) is 15.5. The largest absolute Gasteiger partial charge is 0.354 e. The Bertz CT molecular complexity index is 780. The maximum Gasteiger partial charge on any atom is 0.243 e. The zero-order valence-corrected chi connectivity index (χ0v) is 15.7. The topological polar surface area (TPSA) is 72.7 Å². The van der Waals surface area contributed by atoms with Crippen molar-refractivity contribution in [1.82, 2.24) is 25.5 Å². The minimum atomic E-state index is -0.0308. The van der Waals surface area contributed by atoms with Crippen molar-refractivity contribution in [2.45, 2.75) is 51.5 Å². The van der Waals surface area contributed by atoms with Crippen molar-refractivity contribution in [2.24, 2.45) is 23.2 Å². The number of rotatable bonds is 6. The third-order valence-electron chi connectivity index (χ3n) is 6.91. The summed E-state index contributed by atoms with van der Waals surface area (Å²) in [5.74, 6) is 3.40. The average Bonchev–Trinajstić information content (AvgIpc) is 3.09. The molecular weight excluding hydrogens is 338 g/mol. The SMILES string of the molecule is O=C(Cn1nnc(-c2ccccc2)n1)NCCC12CC3CC(CC(C3)C1)C2. The Hall–Kier alpha value is -2.24. The average molecular weight is 365 g/mol. The first-order valence-electron chi connectivity index (χ1n) is 10.3. The number of hydrogen-bond acceptors (Lipinski definition) is 4. The van der Waals surface area contributed by atoms with Gasteiger partial charge in [-0.1, -0.05) is 30.3 Å². The Balaban J connectivity index is 1.13. The first-order valence-corrected chi connectivity index (χ1v) is 10.3. The van der Waals surface area contributed by atoms with E-state index in [1.54, 1.807) is 0 Å². The molecule has 6 heteroatoms. The number of nitrogens with one attached hydrogen (secondary N) is 1. The highest BCUT2D eigenvalue weighted by Gasteiger charge is 2.50. The lowest BCUT2D eigenvalue weighted by Crippen LogP contribution is -2.47. The summed E-state index contributed by atoms with van der Waals surface area (Å²) < 4.78 is 0. The third-order valence-corrected chi connectivity index (χ3v) is 6.91. The van der Waals surface area contributed by atoms with Gasteiger partial charge in [0.05, 0.1) is 0 Å². The molecule has 142 valence electrons. The molecule has 4 bridgehead atoms. The maximum absolute atomic E-state index is 12.3. The van der Waals surface area contributed by atoms with E-state index in [-0.39, 0.29) is 12.5 Å². The number of carbonyl (C=O) groups is 1. The maximum atomic E-state index is 12.3. The monoisotopic (exact) mass is 365 g/mol. The fourth-order valence-corrected chi connectivity index (χ4v) is 6.26. The molecule has 6 rings (SSSR count). The quantitative estimate of drug-likeness (QED) is 0.854. The van der Waals surface area contributed by atoms with Gasteiger partial charge in [0.1, 0.15) is 6.54 Å². The number of amides is 1. The van der Waals surface area contributed by atoms with Crippen LogP contribution in [-0.2, 0) is 11.3 Å². The van der Waals surface area contributed by atoms with Crippen LogP contribution in [-0.4, -0.2) is 32.7 Å². The molecule has 1 heterocycles. The number of carbonyl (C=O) groups excluding carboxylic acids is 1. The van der Waals surface area contributed by atoms with Gasteiger partial charge in [-0.25, -0.2) is 0 Å². The Morgan fingerprint density at radius 2 is 1.74 bits per heavy atom. The van der Waals surface area contributed by atoms with Gasteiger partial charge in [-0.2, -0.15) is 4.80 Å². The minimum Gasteiger partial charge on any atom is -0.354 e. The van der Waals surface area contributed by atoms with Gasteiger partial charge < -0.3 is 5.32 Å². The van der Waals surface area contributed by atoms with Gasteiger partial charge in [-0.05, 0) is 73.3 Å². The molecule has 0 saturated heterocycles. The molecule has 0 aliphatic heterocycles. The molecule has 2 aromatic rings. The van der Waals surface area contributed by atoms with Crippen LogP contribution in [0.5, 0.6) is 0 Å². The van der Waals surface area contributed by atoms with Crippen molar-refractivity contribution in [3.05, 3.63) is 30.3 Å². The summed E-state index contributed by atoms with van der Waals surface area (Å²) in [6.45, 7) is 0.895. The van der Waals surface area contributed by atoms with Gasteiger partial charge in [0.2, 0.25) is 11.7 Å². The van der Waals surface area contributed by atoms with E-state index in [1.165, 1.54) is 43.3 Å². The number of tetrazole rings is 1. The fraction of sp³-hybridized carbons (Fsp3) is 0.619. The van der Waals surface area contributed by atoms with Gasteiger partial charge in [0.25, 0.3) is 0 Å². The number of hydrogen-bond donors (Lipinski definition) is 1. The van der Waals surface area contributed by atoms with Crippen molar-refractivity contribution in [3.63, 3.8) is 0 Å². The Kier molecular flexibility index (Phi) is 4.21. The number of nitrogens with zero attached hydrogens (tertiary/aromatic N) is 4. The van der Waals surface area contributed by atoms with Crippen molar-refractivity contribution in [3.8, 4) is 11.4 Å². The summed E-state index contributed by atoms with van der Waals surface area (Å²) in [7, 11) is 0. The van der Waals surface area contributed by atoms with E-state index < -0.39 is 0 Å². The van der Waals surface area contributed by atoms with Crippen LogP contribution in [0.2, 0.25) is 0 Å². The molecule has 6 nitrogen and oxygen atoms in total. The van der Waals surface area contributed by atoms with E-state index in [1.807, 2.05) is 30.3 Å². The normalized spacial score (nSPS) is 31.2. The van der Waals surface area contributed by atoms with Crippen LogP contribution in [0.25, 0.3) is 11.4 Å². The molecule has 0 atom stereocenters. The first-order chi connectivity index (χ1) is 13.2. The lowest BCUT2D eigenvalue weighted by atomic mass is 9.49. The second-order valence-electron chi connectivity index (χ2n) is 9.03. The second-order valence-corrected chi connectivity index (χ2v) is 9.03. The zero-order chi connectivity index (χ0) is 18.3. The Morgan fingerprint density at radius 1 is 1.07 bits per heavy atom. The highest BCUT2D eigenvalue weighted by atomic mass is 16.2. The smallest absolute Gasteiger partial charge is 0.243 e. The van der Waals surface area contributed by atoms with Crippen LogP contribution in [0.3, 0.4) is 0 Å². The highest BCUT2D eigenvalue weighted by Crippen LogP contribution is 2.61. The first kappa shape index (κ1) is 16.9. The van der Waals surface area contributed by atoms with E-state index in [2.05, 4.69) is 20.7 Å². The Labute approximate surface area is 159 Å². The van der Waals surface area contributed by atoms with Crippen LogP contribution < -0.4 is 5.32 Å². The van der Waals surface area contributed by atoms with Crippen LogP contribution in [0.1, 0.15) is 44.9 Å². The Morgan fingerprint density at radius 3 is 2.41 bits per heavy atom. The standard InChI is InChI=1S/C21H27N5O/c27-19(14-26-24-20(23-25-26)18-4-2-1-3-5-18)22-7-6-21-11-15-8-16(12-21)10-17(9-15)13-21/h1-5,15-17H,6-14H2,(H,22,27). The molecular formula is C21H27N5O. The summed E-state index contributed by atoms with van der Waals surface area (Å²) >= 11 is 0. The molecule has 0 unspecified atom stereocenters. The van der Waals surface area contributed by atoms with Gasteiger partial charge in [-0.3, -0.25) is 4.79 Å². The van der Waals surface area contributed by atoms with E-state index in [0.717, 1.165) is 36.3 Å². The van der Waals surface area contributed by atoms with Gasteiger partial charge in [0.15, 0.2) is 0 Å². The lowest BCUT2D eigenvalue weighted by Gasteiger charge is -2.57. The van der Waals surface area contributed by atoms with Crippen LogP contribution >= 0.6 is 0 Å². The molecule has 4 saturated carbocycles. The molecule has 4 aliphatic carbocycles. The van der Waals surface area contributed by atoms with Crippen molar-refractivity contribution in [2.75, 3.05) is 6.54 Å². The van der Waals surface area contributed by atoms with Gasteiger partial charge in [0, 0.05) is 12.1 Å². The van der Waals surface area contributed by atoms with Gasteiger partial charge >= 0.3 is 0 Å². The molecule has 4 aliphatic rings. The zero-order valence-electron chi connectivity index (χ0n) is 15.7. The second kappa shape index (κ2) is 6.73. The van der Waals surface area contributed by atoms with Crippen LogP contribution in [0, 0.1) is 23.2 Å². The summed E-state index contributed by atoms with van der Waals surface area (Å²) in [5.41, 5.74) is 1.42. The summed E-state index contributed by atoms with van der Waals surface area (Å²) in [4.78, 5) is 13.7. The molecule has 1 aromatic carbocycles. The summed E-state index contributed by atoms with van der Waals surface area (Å²) in [6, 6.07) is 9.70. The third kappa shape index (κ3) is 3.49. The molecule has 1 N–H and O–H groups in total. The lowest BCUT2D eigenvalue weighted by molar-refractivity contribution is -0.122. The minimum absolute atomic E-state index is 0.0308. The van der Waals surface area contributed by atoms with Crippen molar-refractivity contribution in [1.29, 1.82) is 0 Å². The molecule has 1 amide bonds. The van der Waals surface area contributed by atoms with Crippen molar-refractivity contribution >= 4 is 5.91 Å². The van der Waals surface area contributed by atoms with E-state index in [0.29, 0.717) is 11.2 Å². The highest BCUT2D eigenvalue weighted by molar-refractivity contribution is 5.75. The van der Waals surface area contributed by atoms with Crippen LogP contribution in [0.4, 0.5) is 0 Å². The summed E-state index contributed by atoms with van der Waals surface area (Å²) in [6.07, 6.45) is 9.69. The predicted octanol–water partition coefficient (Wildman–Crippen LogP) is 3.06. The molecule has 0 spiro atoms. The van der Waals surface area contributed by atoms with Crippen LogP contribution in [0.15, 0.2) is 30.3 Å². The molecule has 4 fully saturated rings. The van der Waals surface area contributed by atoms with Crippen molar-refractivity contribution < 1.29 is 4.79 Å². The molecule has 27 heavy (non-hydrogen) atoms. The number of benzene rings is 1. The van der Waals surface area contributed by atoms with E-state index >= 15 is 0 Å².